The van der Waals surface area contributed by atoms with E-state index >= 15 is 0 Å². The first kappa shape index (κ1) is 64.5. The van der Waals surface area contributed by atoms with Gasteiger partial charge >= 0.3 is 11.9 Å². The van der Waals surface area contributed by atoms with Gasteiger partial charge in [-0.1, -0.05) is 167 Å². The third-order valence-electron chi connectivity index (χ3n) is 13.4. The van der Waals surface area contributed by atoms with Crippen molar-refractivity contribution in [2.24, 2.45) is 0 Å². The predicted octanol–water partition coefficient (Wildman–Crippen LogP) is 5.50. The van der Waals surface area contributed by atoms with Crippen molar-refractivity contribution in [2.45, 2.75) is 280 Å². The molecule has 1 heterocycles. The number of aliphatic hydroxyl groups excluding tert-OH is 7. The molecule has 1 aliphatic carbocycles. The lowest BCUT2D eigenvalue weighted by Gasteiger charge is -2.47. The van der Waals surface area contributed by atoms with Crippen molar-refractivity contribution in [3.8, 4) is 0 Å². The van der Waals surface area contributed by atoms with E-state index in [2.05, 4.69) is 31.7 Å². The predicted molar refractivity (Wildman–Crippen MR) is 262 cm³/mol. The summed E-state index contributed by atoms with van der Waals surface area (Å²) in [5.41, 5.74) is 3.67. The number of esters is 2. The van der Waals surface area contributed by atoms with Crippen molar-refractivity contribution in [1.82, 2.24) is 0 Å². The molecule has 0 spiro atoms. The molecule has 13 atom stereocenters. The van der Waals surface area contributed by atoms with Gasteiger partial charge < -0.3 is 74.4 Å². The average molecular weight is 1030 g/mol. The van der Waals surface area contributed by atoms with E-state index < -0.39 is 113 Å². The van der Waals surface area contributed by atoms with Crippen LogP contribution in [0.25, 0.3) is 0 Å². The molecule has 2 fully saturated rings. The molecular weight excluding hydrogens is 930 g/mol. The summed E-state index contributed by atoms with van der Waals surface area (Å²) in [5.74, 6) is -1.22. The van der Waals surface area contributed by atoms with Gasteiger partial charge in [-0.2, -0.15) is 0 Å². The molecule has 18 nitrogen and oxygen atoms in total. The Morgan fingerprint density at radius 2 is 1.01 bits per heavy atom. The number of phosphoric acid groups is 1. The van der Waals surface area contributed by atoms with E-state index in [9.17, 15) is 54.8 Å². The van der Waals surface area contributed by atoms with Crippen molar-refractivity contribution in [2.75, 3.05) is 19.8 Å². The Kier molecular flexibility index (Phi) is 35.8. The maximum Gasteiger partial charge on any atom is 0.306 e. The summed E-state index contributed by atoms with van der Waals surface area (Å²) in [6.45, 7) is 2.28. The molecule has 1 saturated carbocycles. The average Bonchev–Trinajstić information content (AvgIpc) is 3.34. The molecule has 2 unspecified atom stereocenters. The fourth-order valence-corrected chi connectivity index (χ4v) is 9.79. The molecule has 2 aliphatic rings. The minimum Gasteiger partial charge on any atom is -0.756 e. The van der Waals surface area contributed by atoms with E-state index in [4.69, 9.17) is 28.0 Å². The molecular formula is C51H96NO17P. The highest BCUT2D eigenvalue weighted by Crippen LogP contribution is 2.44. The largest absolute Gasteiger partial charge is 0.756 e. The highest BCUT2D eigenvalue weighted by molar-refractivity contribution is 7.45. The zero-order valence-corrected chi connectivity index (χ0v) is 43.7. The lowest BCUT2D eigenvalue weighted by molar-refractivity contribution is -0.506. The van der Waals surface area contributed by atoms with Crippen molar-refractivity contribution >= 4 is 19.8 Å². The summed E-state index contributed by atoms with van der Waals surface area (Å²) >= 11 is 0. The molecule has 19 heteroatoms. The van der Waals surface area contributed by atoms with Crippen LogP contribution >= 0.6 is 7.82 Å². The number of unbranched alkanes of at least 4 members (excludes halogenated alkanes) is 25. The number of ether oxygens (including phenoxy) is 4. The molecule has 10 N–H and O–H groups in total. The van der Waals surface area contributed by atoms with E-state index in [0.717, 1.165) is 64.2 Å². The Labute approximate surface area is 419 Å². The molecule has 0 aromatic rings. The fraction of sp³-hybridized carbons (Fsp3) is 0.922. The number of hydrogen-bond donors (Lipinski definition) is 8. The molecule has 2 rings (SSSR count). The number of allylic oxidation sites excluding steroid dienone is 2. The molecule has 412 valence electrons. The van der Waals surface area contributed by atoms with Crippen LogP contribution in [0.15, 0.2) is 12.2 Å². The fourth-order valence-electron chi connectivity index (χ4n) is 8.84. The standard InChI is InChI=1S/C51H96NO17P/c1-3-5-7-9-11-13-15-17-19-21-23-25-27-29-31-33-40(54)64-36-38(66-41(55)34-32-30-28-26-24-22-20-18-16-14-12-10-8-6-4-2)37-65-70(62,63)69-50-48(61)46(59)45(58)47(60)49(50)68-51-42(52)44(57)43(56)39(35-53)67-51/h18,20,38-39,42-51,53,56-61H,3-17,19,21-37,52H2,1-2H3,(H,62,63)/b20-18-/t38?,39-,42-,43-,44-,45-,46-,47+,48-,49-,50-,51-/m1/s1. The zero-order chi connectivity index (χ0) is 51.6. The summed E-state index contributed by atoms with van der Waals surface area (Å²) in [7, 11) is -5.58. The molecule has 0 aromatic heterocycles. The van der Waals surface area contributed by atoms with Gasteiger partial charge in [-0.15, -0.1) is 0 Å². The van der Waals surface area contributed by atoms with Crippen molar-refractivity contribution in [3.05, 3.63) is 12.2 Å². The van der Waals surface area contributed by atoms with Crippen LogP contribution in [0.5, 0.6) is 0 Å². The Morgan fingerprint density at radius 1 is 0.586 bits per heavy atom. The first-order valence-corrected chi connectivity index (χ1v) is 28.6. The highest BCUT2D eigenvalue weighted by Gasteiger charge is 2.55. The van der Waals surface area contributed by atoms with Gasteiger partial charge in [0.15, 0.2) is 12.1 Å². The van der Waals surface area contributed by atoms with E-state index in [0.29, 0.717) is 12.8 Å². The summed E-state index contributed by atoms with van der Waals surface area (Å²) in [5, 5.41) is 73.0. The van der Waals surface area contributed by atoms with Gasteiger partial charge in [0.2, 0.25) is 6.29 Å². The van der Waals surface area contributed by atoms with E-state index in [1.165, 1.54) is 103 Å². The number of rotatable bonds is 42. The quantitative estimate of drug-likeness (QED) is 0.0162. The molecule has 1 aliphatic heterocycles. The van der Waals surface area contributed by atoms with Gasteiger partial charge in [0.25, 0.3) is 7.82 Å². The molecule has 70 heavy (non-hydrogen) atoms. The third-order valence-corrected chi connectivity index (χ3v) is 14.3. The number of phosphoric ester groups is 1. The maximum atomic E-state index is 13.3. The monoisotopic (exact) mass is 1030 g/mol. The Bertz CT molecular complexity index is 1410. The van der Waals surface area contributed by atoms with E-state index in [1.807, 2.05) is 0 Å². The molecule has 1 saturated heterocycles. The first-order chi connectivity index (χ1) is 33.7. The van der Waals surface area contributed by atoms with Gasteiger partial charge in [0, 0.05) is 12.8 Å². The number of quaternary nitrogens is 1. The van der Waals surface area contributed by atoms with Crippen molar-refractivity contribution in [1.29, 1.82) is 0 Å². The third kappa shape index (κ3) is 27.1. The highest BCUT2D eigenvalue weighted by atomic mass is 31.2. The van der Waals surface area contributed by atoms with Gasteiger partial charge in [-0.05, 0) is 38.5 Å². The van der Waals surface area contributed by atoms with Gasteiger partial charge in [0.1, 0.15) is 61.5 Å². The van der Waals surface area contributed by atoms with Crippen LogP contribution in [-0.4, -0.2) is 141 Å². The lowest BCUT2D eigenvalue weighted by atomic mass is 9.84. The van der Waals surface area contributed by atoms with Crippen LogP contribution in [-0.2, 0) is 42.1 Å². The molecule has 0 radical (unpaired) electrons. The molecule has 0 bridgehead atoms. The second kappa shape index (κ2) is 38.9. The zero-order valence-electron chi connectivity index (χ0n) is 42.8. The normalized spacial score (nSPS) is 27.4. The van der Waals surface area contributed by atoms with Crippen LogP contribution in [0.4, 0.5) is 0 Å². The van der Waals surface area contributed by atoms with E-state index in [1.54, 1.807) is 0 Å². The molecule has 0 amide bonds. The first-order valence-electron chi connectivity index (χ1n) is 27.1. The minimum atomic E-state index is -5.58. The molecule has 0 aromatic carbocycles. The van der Waals surface area contributed by atoms with Crippen molar-refractivity contribution in [3.63, 3.8) is 0 Å². The Hall–Kier alpha value is -1.61. The van der Waals surface area contributed by atoms with Crippen LogP contribution in [0.2, 0.25) is 0 Å². The maximum absolute atomic E-state index is 13.3. The number of hydrogen-bond acceptors (Lipinski definition) is 17. The van der Waals surface area contributed by atoms with Crippen LogP contribution in [0, 0.1) is 0 Å². The van der Waals surface area contributed by atoms with Crippen LogP contribution < -0.4 is 10.6 Å². The second-order valence-corrected chi connectivity index (χ2v) is 20.9. The van der Waals surface area contributed by atoms with Crippen molar-refractivity contribution < 1.29 is 88.5 Å². The summed E-state index contributed by atoms with van der Waals surface area (Å²) in [4.78, 5) is 39.1. The minimum absolute atomic E-state index is 0.0258. The number of carbonyl (C=O) groups is 2. The van der Waals surface area contributed by atoms with E-state index in [-0.39, 0.29) is 12.8 Å². The smallest absolute Gasteiger partial charge is 0.306 e. The topological polar surface area (TPSA) is 299 Å². The summed E-state index contributed by atoms with van der Waals surface area (Å²) < 4.78 is 45.7. The summed E-state index contributed by atoms with van der Waals surface area (Å²) in [6, 6.07) is -1.29. The lowest BCUT2D eigenvalue weighted by Crippen LogP contribution is -2.79. The SMILES string of the molecule is CCCCCCCC/C=C\CCCCCCCC(=O)OC(COC(=O)CCCCCCCCCCCCCCCCC)COP(=O)([O-])O[C@@H]1[C@H](O)[C@H](O)[C@@H](O)[C@H](O)[C@H]1O[C@H]1O[C@H](CO)[C@@H](O)[C@H](O)[C@H]1[NH3+]. The summed E-state index contributed by atoms with van der Waals surface area (Å²) in [6.07, 6.45) is 16.0. The second-order valence-electron chi connectivity index (χ2n) is 19.6. The van der Waals surface area contributed by atoms with Crippen LogP contribution in [0.1, 0.15) is 206 Å². The number of carbonyl (C=O) groups excluding carboxylic acids is 2. The van der Waals surface area contributed by atoms with Gasteiger partial charge in [0.05, 0.1) is 13.2 Å². The Morgan fingerprint density at radius 3 is 1.49 bits per heavy atom. The number of aliphatic hydroxyl groups is 7. The van der Waals surface area contributed by atoms with Gasteiger partial charge in [-0.3, -0.25) is 14.2 Å². The van der Waals surface area contributed by atoms with Gasteiger partial charge in [-0.25, -0.2) is 0 Å². The van der Waals surface area contributed by atoms with Crippen LogP contribution in [0.3, 0.4) is 0 Å². The Balaban J connectivity index is 1.92.